The lowest BCUT2D eigenvalue weighted by molar-refractivity contribution is -0.117. The first-order valence-corrected chi connectivity index (χ1v) is 9.39. The molecule has 0 atom stereocenters. The molecule has 0 saturated heterocycles. The molecule has 2 aromatic rings. The summed E-state index contributed by atoms with van der Waals surface area (Å²) in [6.07, 6.45) is 4.47. The average molecular weight is 373 g/mol. The van der Waals surface area contributed by atoms with E-state index in [1.165, 1.54) is 0 Å². The smallest absolute Gasteiger partial charge is 0.224 e. The van der Waals surface area contributed by atoms with Crippen molar-refractivity contribution in [3.63, 3.8) is 0 Å². The van der Waals surface area contributed by atoms with Gasteiger partial charge in [-0.2, -0.15) is 0 Å². The van der Waals surface area contributed by atoms with E-state index in [-0.39, 0.29) is 11.8 Å². The minimum atomic E-state index is -0.0867. The minimum absolute atomic E-state index is 0.000598. The van der Waals surface area contributed by atoms with Crippen LogP contribution in [0.3, 0.4) is 0 Å². The normalized spacial score (nSPS) is 10.4. The van der Waals surface area contributed by atoms with Crippen molar-refractivity contribution < 1.29 is 9.59 Å². The zero-order valence-corrected chi connectivity index (χ0v) is 15.8. The number of hydrogen-bond donors (Lipinski definition) is 2. The van der Waals surface area contributed by atoms with Gasteiger partial charge in [0.2, 0.25) is 11.8 Å². The molecule has 2 aromatic carbocycles. The van der Waals surface area contributed by atoms with Gasteiger partial charge in [0.25, 0.3) is 0 Å². The number of carbonyl (C=O) groups excluding carboxylic acids is 2. The highest BCUT2D eigenvalue weighted by molar-refractivity contribution is 6.31. The molecule has 0 spiro atoms. The highest BCUT2D eigenvalue weighted by Gasteiger charge is 2.07. The van der Waals surface area contributed by atoms with Crippen molar-refractivity contribution in [2.75, 3.05) is 10.6 Å². The molecular weight excluding hydrogens is 348 g/mol. The van der Waals surface area contributed by atoms with Crippen molar-refractivity contribution in [1.29, 1.82) is 0 Å². The number of halogens is 1. The number of carbonyl (C=O) groups is 2. The molecule has 0 fully saturated rings. The topological polar surface area (TPSA) is 58.2 Å². The molecule has 26 heavy (non-hydrogen) atoms. The maximum Gasteiger partial charge on any atom is 0.224 e. The molecule has 0 heterocycles. The number of amides is 2. The van der Waals surface area contributed by atoms with Crippen LogP contribution < -0.4 is 10.6 Å². The Morgan fingerprint density at radius 3 is 2.19 bits per heavy atom. The highest BCUT2D eigenvalue weighted by Crippen LogP contribution is 2.18. The molecule has 0 unspecified atom stereocenters. The predicted octanol–water partition coefficient (Wildman–Crippen LogP) is 5.43. The Labute approximate surface area is 159 Å². The van der Waals surface area contributed by atoms with Gasteiger partial charge in [0.1, 0.15) is 0 Å². The van der Waals surface area contributed by atoms with Gasteiger partial charge in [-0.1, -0.05) is 55.6 Å². The molecule has 0 aliphatic rings. The van der Waals surface area contributed by atoms with Gasteiger partial charge >= 0.3 is 0 Å². The molecule has 5 heteroatoms. The first-order valence-electron chi connectivity index (χ1n) is 9.01. The number of rotatable bonds is 9. The largest absolute Gasteiger partial charge is 0.326 e. The van der Waals surface area contributed by atoms with Crippen LogP contribution in [-0.2, 0) is 16.0 Å². The first-order chi connectivity index (χ1) is 12.6. The van der Waals surface area contributed by atoms with Gasteiger partial charge in [0.05, 0.1) is 0 Å². The third-order valence-corrected chi connectivity index (χ3v) is 4.39. The van der Waals surface area contributed by atoms with Crippen molar-refractivity contribution in [3.05, 3.63) is 59.1 Å². The Hall–Kier alpha value is -2.33. The van der Waals surface area contributed by atoms with Crippen LogP contribution in [0.1, 0.15) is 44.6 Å². The monoisotopic (exact) mass is 372 g/mol. The van der Waals surface area contributed by atoms with E-state index in [0.717, 1.165) is 24.8 Å². The fourth-order valence-corrected chi connectivity index (χ4v) is 2.84. The summed E-state index contributed by atoms with van der Waals surface area (Å²) in [7, 11) is 0. The fourth-order valence-electron chi connectivity index (χ4n) is 2.61. The van der Waals surface area contributed by atoms with E-state index >= 15 is 0 Å². The lowest BCUT2D eigenvalue weighted by atomic mass is 10.1. The van der Waals surface area contributed by atoms with Crippen LogP contribution in [-0.4, -0.2) is 11.8 Å². The first kappa shape index (κ1) is 20.0. The summed E-state index contributed by atoms with van der Waals surface area (Å²) in [5.74, 6) is -0.0861. The van der Waals surface area contributed by atoms with Crippen molar-refractivity contribution in [3.8, 4) is 0 Å². The van der Waals surface area contributed by atoms with Gasteiger partial charge in [-0.05, 0) is 42.7 Å². The van der Waals surface area contributed by atoms with Crippen LogP contribution in [0.25, 0.3) is 0 Å². The zero-order valence-electron chi connectivity index (χ0n) is 15.1. The Kier molecular flexibility index (Phi) is 8.16. The number of unbranched alkanes of at least 4 members (excludes halogenated alkanes) is 2. The molecule has 0 radical (unpaired) electrons. The maximum atomic E-state index is 12.2. The van der Waals surface area contributed by atoms with Crippen LogP contribution >= 0.6 is 11.6 Å². The van der Waals surface area contributed by atoms with E-state index in [1.807, 2.05) is 36.4 Å². The summed E-state index contributed by atoms with van der Waals surface area (Å²) in [6, 6.07) is 14.7. The van der Waals surface area contributed by atoms with E-state index in [9.17, 15) is 9.59 Å². The molecule has 0 aliphatic heterocycles. The summed E-state index contributed by atoms with van der Waals surface area (Å²) in [5.41, 5.74) is 2.31. The zero-order chi connectivity index (χ0) is 18.8. The number of hydrogen-bond acceptors (Lipinski definition) is 2. The van der Waals surface area contributed by atoms with Crippen LogP contribution in [0, 0.1) is 0 Å². The number of anilines is 2. The predicted molar refractivity (Wildman–Crippen MR) is 108 cm³/mol. The Morgan fingerprint density at radius 1 is 0.885 bits per heavy atom. The standard InChI is InChI=1S/C21H25ClN2O2/c1-2-3-4-12-20(25)23-17-9-7-10-18(15-17)24-21(26)14-13-16-8-5-6-11-19(16)22/h5-11,15H,2-4,12-14H2,1H3,(H,23,25)(H,24,26). The second kappa shape index (κ2) is 10.6. The number of aryl methyl sites for hydroxylation is 1. The average Bonchev–Trinajstić information content (AvgIpc) is 2.61. The van der Waals surface area contributed by atoms with Crippen LogP contribution in [0.2, 0.25) is 5.02 Å². The summed E-state index contributed by atoms with van der Waals surface area (Å²) in [4.78, 5) is 24.1. The van der Waals surface area contributed by atoms with E-state index < -0.39 is 0 Å². The molecule has 0 bridgehead atoms. The Balaban J connectivity index is 1.84. The van der Waals surface area contributed by atoms with Gasteiger partial charge in [-0.25, -0.2) is 0 Å². The van der Waals surface area contributed by atoms with Gasteiger partial charge < -0.3 is 10.6 Å². The third-order valence-electron chi connectivity index (χ3n) is 4.02. The molecule has 0 saturated carbocycles. The van der Waals surface area contributed by atoms with Crippen molar-refractivity contribution in [2.45, 2.75) is 45.4 Å². The summed E-state index contributed by atoms with van der Waals surface area (Å²) >= 11 is 6.11. The SMILES string of the molecule is CCCCCC(=O)Nc1cccc(NC(=O)CCc2ccccc2Cl)c1. The van der Waals surface area contributed by atoms with Crippen LogP contribution in [0.4, 0.5) is 11.4 Å². The van der Waals surface area contributed by atoms with Crippen molar-refractivity contribution >= 4 is 34.8 Å². The van der Waals surface area contributed by atoms with Crippen LogP contribution in [0.15, 0.2) is 48.5 Å². The Morgan fingerprint density at radius 2 is 1.54 bits per heavy atom. The van der Waals surface area contributed by atoms with E-state index in [4.69, 9.17) is 11.6 Å². The molecule has 2 amide bonds. The lowest BCUT2D eigenvalue weighted by Gasteiger charge is -2.09. The summed E-state index contributed by atoms with van der Waals surface area (Å²) < 4.78 is 0. The highest BCUT2D eigenvalue weighted by atomic mass is 35.5. The minimum Gasteiger partial charge on any atom is -0.326 e. The van der Waals surface area contributed by atoms with E-state index in [1.54, 1.807) is 12.1 Å². The van der Waals surface area contributed by atoms with Gasteiger partial charge in [-0.3, -0.25) is 9.59 Å². The molecule has 0 aromatic heterocycles. The van der Waals surface area contributed by atoms with Crippen molar-refractivity contribution in [1.82, 2.24) is 0 Å². The number of nitrogens with one attached hydrogen (secondary N) is 2. The number of benzene rings is 2. The van der Waals surface area contributed by atoms with Crippen LogP contribution in [0.5, 0.6) is 0 Å². The van der Waals surface area contributed by atoms with E-state index in [2.05, 4.69) is 17.6 Å². The second-order valence-electron chi connectivity index (χ2n) is 6.23. The third kappa shape index (κ3) is 6.89. The Bertz CT molecular complexity index is 746. The molecular formula is C21H25ClN2O2. The van der Waals surface area contributed by atoms with Crippen molar-refractivity contribution in [2.24, 2.45) is 0 Å². The van der Waals surface area contributed by atoms with Gasteiger partial charge in [-0.15, -0.1) is 0 Å². The van der Waals surface area contributed by atoms with Gasteiger partial charge in [0.15, 0.2) is 0 Å². The molecule has 2 N–H and O–H groups in total. The second-order valence-corrected chi connectivity index (χ2v) is 6.63. The maximum absolute atomic E-state index is 12.2. The molecule has 2 rings (SSSR count). The van der Waals surface area contributed by atoms with E-state index in [0.29, 0.717) is 35.7 Å². The quantitative estimate of drug-likeness (QED) is 0.576. The molecule has 138 valence electrons. The molecule has 0 aliphatic carbocycles. The summed E-state index contributed by atoms with van der Waals surface area (Å²) in [6.45, 7) is 2.11. The summed E-state index contributed by atoms with van der Waals surface area (Å²) in [5, 5.41) is 6.41. The molecule has 4 nitrogen and oxygen atoms in total. The lowest BCUT2D eigenvalue weighted by Crippen LogP contribution is -2.14. The van der Waals surface area contributed by atoms with Gasteiger partial charge in [0, 0.05) is 29.2 Å². The fraction of sp³-hybridized carbons (Fsp3) is 0.333.